The zero-order valence-electron chi connectivity index (χ0n) is 12.7. The van der Waals surface area contributed by atoms with E-state index in [1.54, 1.807) is 18.2 Å². The topological polar surface area (TPSA) is 76.4 Å². The summed E-state index contributed by atoms with van der Waals surface area (Å²) < 4.78 is 34.6. The van der Waals surface area contributed by atoms with E-state index in [-0.39, 0.29) is 16.2 Å². The predicted molar refractivity (Wildman–Crippen MR) is 86.2 cm³/mol. The van der Waals surface area contributed by atoms with Crippen LogP contribution in [0.3, 0.4) is 0 Å². The second-order valence-corrected chi connectivity index (χ2v) is 6.34. The lowest BCUT2D eigenvalue weighted by atomic mass is 10.1. The Morgan fingerprint density at radius 1 is 1.17 bits per heavy atom. The standard InChI is InChI=1S/C17H15NO4S/c1-12-4-7-16(8-5-12)23(19,20)22-13(2)17-9-6-15(21-3)10-14(17)11-18/h4-10H,2H2,1,3H3. The monoisotopic (exact) mass is 329 g/mol. The highest BCUT2D eigenvalue weighted by atomic mass is 32.2. The van der Waals surface area contributed by atoms with Crippen molar-refractivity contribution in [3.63, 3.8) is 0 Å². The number of ether oxygens (including phenoxy) is 1. The van der Waals surface area contributed by atoms with Gasteiger partial charge >= 0.3 is 10.1 Å². The number of rotatable bonds is 5. The van der Waals surface area contributed by atoms with Gasteiger partial charge in [0.2, 0.25) is 0 Å². The van der Waals surface area contributed by atoms with Crippen LogP contribution in [0.2, 0.25) is 0 Å². The molecule has 0 aliphatic heterocycles. The van der Waals surface area contributed by atoms with Gasteiger partial charge in [0.15, 0.2) is 0 Å². The van der Waals surface area contributed by atoms with Gasteiger partial charge in [0.05, 0.1) is 12.7 Å². The van der Waals surface area contributed by atoms with E-state index in [1.165, 1.54) is 31.4 Å². The van der Waals surface area contributed by atoms with E-state index in [2.05, 4.69) is 6.58 Å². The summed E-state index contributed by atoms with van der Waals surface area (Å²) in [6.45, 7) is 5.48. The van der Waals surface area contributed by atoms with E-state index in [0.717, 1.165) is 5.56 Å². The lowest BCUT2D eigenvalue weighted by Crippen LogP contribution is -2.06. The molecule has 2 aromatic carbocycles. The van der Waals surface area contributed by atoms with Gasteiger partial charge in [-0.15, -0.1) is 0 Å². The first-order valence-electron chi connectivity index (χ1n) is 6.66. The van der Waals surface area contributed by atoms with Crippen molar-refractivity contribution in [2.24, 2.45) is 0 Å². The van der Waals surface area contributed by atoms with Crippen molar-refractivity contribution in [1.82, 2.24) is 0 Å². The third-order valence-corrected chi connectivity index (χ3v) is 4.44. The molecule has 0 radical (unpaired) electrons. The Balaban J connectivity index is 2.32. The third-order valence-electron chi connectivity index (χ3n) is 3.17. The minimum absolute atomic E-state index is 0.0243. The lowest BCUT2D eigenvalue weighted by molar-refractivity contribution is 0.414. The molecule has 0 N–H and O–H groups in total. The summed E-state index contributed by atoms with van der Waals surface area (Å²) in [5, 5.41) is 9.18. The van der Waals surface area contributed by atoms with E-state index in [4.69, 9.17) is 8.92 Å². The van der Waals surface area contributed by atoms with Crippen LogP contribution in [0.4, 0.5) is 0 Å². The van der Waals surface area contributed by atoms with Crippen molar-refractivity contribution in [2.45, 2.75) is 11.8 Å². The third kappa shape index (κ3) is 3.71. The first-order chi connectivity index (χ1) is 10.9. The molecule has 0 aromatic heterocycles. The summed E-state index contributed by atoms with van der Waals surface area (Å²) in [5.74, 6) is 0.365. The van der Waals surface area contributed by atoms with Gasteiger partial charge in [0.25, 0.3) is 0 Å². The molecule has 0 aliphatic carbocycles. The minimum Gasteiger partial charge on any atom is -0.497 e. The smallest absolute Gasteiger partial charge is 0.339 e. The summed E-state index contributed by atoms with van der Waals surface area (Å²) >= 11 is 0. The zero-order valence-corrected chi connectivity index (χ0v) is 13.6. The largest absolute Gasteiger partial charge is 0.497 e. The van der Waals surface area contributed by atoms with Crippen LogP contribution in [0.1, 0.15) is 16.7 Å². The average Bonchev–Trinajstić information content (AvgIpc) is 2.54. The van der Waals surface area contributed by atoms with Crippen LogP contribution < -0.4 is 4.74 Å². The van der Waals surface area contributed by atoms with E-state index in [1.807, 2.05) is 13.0 Å². The fourth-order valence-corrected chi connectivity index (χ4v) is 2.84. The molecule has 0 saturated carbocycles. The van der Waals surface area contributed by atoms with Crippen LogP contribution in [-0.2, 0) is 14.3 Å². The van der Waals surface area contributed by atoms with Gasteiger partial charge in [-0.25, -0.2) is 0 Å². The summed E-state index contributed by atoms with van der Waals surface area (Å²) in [6.07, 6.45) is 0. The number of nitriles is 1. The quantitative estimate of drug-likeness (QED) is 0.621. The molecule has 5 nitrogen and oxygen atoms in total. The van der Waals surface area contributed by atoms with Crippen LogP contribution in [0.15, 0.2) is 53.9 Å². The Bertz CT molecular complexity index is 878. The average molecular weight is 329 g/mol. The van der Waals surface area contributed by atoms with Crippen LogP contribution in [0, 0.1) is 18.3 Å². The SMILES string of the molecule is C=C(OS(=O)(=O)c1ccc(C)cc1)c1ccc(OC)cc1C#N. The van der Waals surface area contributed by atoms with Gasteiger partial charge in [0.1, 0.15) is 22.5 Å². The van der Waals surface area contributed by atoms with Gasteiger partial charge in [-0.3, -0.25) is 0 Å². The molecule has 0 aliphatic rings. The van der Waals surface area contributed by atoms with Crippen LogP contribution >= 0.6 is 0 Å². The first kappa shape index (κ1) is 16.6. The van der Waals surface area contributed by atoms with E-state index >= 15 is 0 Å². The summed E-state index contributed by atoms with van der Waals surface area (Å²) in [4.78, 5) is 0.0243. The zero-order chi connectivity index (χ0) is 17.0. The maximum Gasteiger partial charge on any atom is 0.339 e. The number of methoxy groups -OCH3 is 1. The van der Waals surface area contributed by atoms with Gasteiger partial charge in [-0.1, -0.05) is 24.3 Å². The van der Waals surface area contributed by atoms with Gasteiger partial charge in [0, 0.05) is 5.56 Å². The summed E-state index contributed by atoms with van der Waals surface area (Å²) in [5.41, 5.74) is 1.45. The summed E-state index contributed by atoms with van der Waals surface area (Å²) in [6, 6.07) is 12.8. The Labute approximate surface area is 135 Å². The maximum atomic E-state index is 12.3. The molecule has 6 heteroatoms. The van der Waals surface area contributed by atoms with Crippen LogP contribution in [-0.4, -0.2) is 15.5 Å². The minimum atomic E-state index is -4.01. The van der Waals surface area contributed by atoms with Crippen molar-refractivity contribution in [3.8, 4) is 11.8 Å². The molecule has 0 unspecified atom stereocenters. The number of hydrogen-bond donors (Lipinski definition) is 0. The Morgan fingerprint density at radius 2 is 1.83 bits per heavy atom. The fourth-order valence-electron chi connectivity index (χ4n) is 1.92. The number of aryl methyl sites for hydroxylation is 1. The van der Waals surface area contributed by atoms with Crippen LogP contribution in [0.5, 0.6) is 5.75 Å². The molecule has 2 aromatic rings. The highest BCUT2D eigenvalue weighted by molar-refractivity contribution is 7.87. The van der Waals surface area contributed by atoms with Crippen molar-refractivity contribution >= 4 is 15.9 Å². The second-order valence-electron chi connectivity index (χ2n) is 4.80. The molecule has 0 heterocycles. The summed E-state index contributed by atoms with van der Waals surface area (Å²) in [7, 11) is -2.53. The van der Waals surface area contributed by atoms with E-state index in [9.17, 15) is 13.7 Å². The molecule has 0 bridgehead atoms. The van der Waals surface area contributed by atoms with Crippen LogP contribution in [0.25, 0.3) is 5.76 Å². The molecule has 0 saturated heterocycles. The van der Waals surface area contributed by atoms with Gasteiger partial charge in [-0.2, -0.15) is 13.7 Å². The maximum absolute atomic E-state index is 12.3. The number of benzene rings is 2. The van der Waals surface area contributed by atoms with Crippen molar-refractivity contribution in [1.29, 1.82) is 5.26 Å². The Hall–Kier alpha value is -2.78. The van der Waals surface area contributed by atoms with E-state index < -0.39 is 10.1 Å². The molecule has 0 spiro atoms. The molecular formula is C17H15NO4S. The Kier molecular flexibility index (Phi) is 4.72. The lowest BCUT2D eigenvalue weighted by Gasteiger charge is -2.11. The van der Waals surface area contributed by atoms with E-state index in [0.29, 0.717) is 11.3 Å². The highest BCUT2D eigenvalue weighted by Crippen LogP contribution is 2.26. The second kappa shape index (κ2) is 6.55. The number of hydrogen-bond acceptors (Lipinski definition) is 5. The molecular weight excluding hydrogens is 314 g/mol. The molecule has 0 atom stereocenters. The van der Waals surface area contributed by atoms with Crippen molar-refractivity contribution in [3.05, 3.63) is 65.7 Å². The molecule has 23 heavy (non-hydrogen) atoms. The first-order valence-corrected chi connectivity index (χ1v) is 8.07. The normalized spacial score (nSPS) is 10.7. The number of nitrogens with zero attached hydrogens (tertiary/aromatic N) is 1. The van der Waals surface area contributed by atoms with Gasteiger partial charge in [-0.05, 0) is 37.3 Å². The molecule has 0 amide bonds. The highest BCUT2D eigenvalue weighted by Gasteiger charge is 2.19. The fraction of sp³-hybridized carbons (Fsp3) is 0.118. The molecule has 0 fully saturated rings. The Morgan fingerprint density at radius 3 is 2.39 bits per heavy atom. The molecule has 118 valence electrons. The van der Waals surface area contributed by atoms with Gasteiger partial charge < -0.3 is 8.92 Å². The van der Waals surface area contributed by atoms with Crippen molar-refractivity contribution in [2.75, 3.05) is 7.11 Å². The molecule has 2 rings (SSSR count). The predicted octanol–water partition coefficient (Wildman–Crippen LogP) is 3.25. The van der Waals surface area contributed by atoms with Crippen molar-refractivity contribution < 1.29 is 17.3 Å².